The summed E-state index contributed by atoms with van der Waals surface area (Å²) in [4.78, 5) is 16.9. The van der Waals surface area contributed by atoms with Gasteiger partial charge in [0.25, 0.3) is 0 Å². The molecule has 2 aliphatic heterocycles. The number of urea groups is 1. The number of nitrogens with one attached hydrogen (secondary N) is 1. The first-order valence-corrected chi connectivity index (χ1v) is 10.6. The summed E-state index contributed by atoms with van der Waals surface area (Å²) in [6, 6.07) is 0.715. The molecule has 1 atom stereocenters. The summed E-state index contributed by atoms with van der Waals surface area (Å²) in [6.45, 7) is 7.05. The van der Waals surface area contributed by atoms with Gasteiger partial charge in [0.15, 0.2) is 0 Å². The van der Waals surface area contributed by atoms with E-state index in [0.29, 0.717) is 25.4 Å². The number of nitrogens with zero attached hydrogens (tertiary/aromatic N) is 2. The van der Waals surface area contributed by atoms with Gasteiger partial charge in [0, 0.05) is 44.9 Å². The van der Waals surface area contributed by atoms with Crippen molar-refractivity contribution in [1.29, 1.82) is 0 Å². The highest BCUT2D eigenvalue weighted by atomic mass is 16.5. The van der Waals surface area contributed by atoms with Crippen LogP contribution in [0, 0.1) is 0 Å². The molecule has 0 aromatic carbocycles. The van der Waals surface area contributed by atoms with E-state index in [1.807, 2.05) is 4.90 Å². The Morgan fingerprint density at radius 3 is 2.54 bits per heavy atom. The van der Waals surface area contributed by atoms with Crippen molar-refractivity contribution in [2.45, 2.75) is 76.0 Å². The summed E-state index contributed by atoms with van der Waals surface area (Å²) in [5.74, 6) is 0. The van der Waals surface area contributed by atoms with Gasteiger partial charge in [-0.15, -0.1) is 0 Å². The first-order chi connectivity index (χ1) is 12.7. The lowest BCUT2D eigenvalue weighted by Crippen LogP contribution is -2.75. The van der Waals surface area contributed by atoms with Crippen LogP contribution in [0.25, 0.3) is 0 Å². The molecule has 1 saturated carbocycles. The first kappa shape index (κ1) is 19.9. The van der Waals surface area contributed by atoms with E-state index in [9.17, 15) is 4.79 Å². The molecule has 1 unspecified atom stereocenters. The summed E-state index contributed by atoms with van der Waals surface area (Å²) in [6.07, 6.45) is 10.1. The normalized spacial score (nSPS) is 26.7. The van der Waals surface area contributed by atoms with Crippen molar-refractivity contribution in [1.82, 2.24) is 15.1 Å². The maximum absolute atomic E-state index is 12.2. The van der Waals surface area contributed by atoms with E-state index in [4.69, 9.17) is 9.47 Å². The second kappa shape index (κ2) is 9.38. The van der Waals surface area contributed by atoms with Crippen LogP contribution in [-0.4, -0.2) is 80.0 Å². The van der Waals surface area contributed by atoms with E-state index in [0.717, 1.165) is 45.4 Å². The predicted octanol–water partition coefficient (Wildman–Crippen LogP) is 2.62. The minimum absolute atomic E-state index is 0.113. The van der Waals surface area contributed by atoms with Crippen LogP contribution in [0.4, 0.5) is 4.79 Å². The number of carbonyl (C=O) groups is 1. The monoisotopic (exact) mass is 367 g/mol. The Labute approximate surface area is 158 Å². The SMILES string of the molecule is CCCNC(=O)N1CCC(N2CC(OCCOC)C23CCCCC3)CC1. The zero-order valence-electron chi connectivity index (χ0n) is 16.7. The minimum Gasteiger partial charge on any atom is -0.382 e. The van der Waals surface area contributed by atoms with Gasteiger partial charge in [0.1, 0.15) is 0 Å². The van der Waals surface area contributed by atoms with Crippen LogP contribution in [0.1, 0.15) is 58.3 Å². The molecule has 0 radical (unpaired) electrons. The molecule has 0 bridgehead atoms. The summed E-state index contributed by atoms with van der Waals surface area (Å²) in [5, 5.41) is 3.01. The number of likely N-dealkylation sites (tertiary alicyclic amines) is 2. The molecule has 1 N–H and O–H groups in total. The third kappa shape index (κ3) is 4.18. The van der Waals surface area contributed by atoms with Crippen molar-refractivity contribution in [3.05, 3.63) is 0 Å². The molecule has 2 amide bonds. The van der Waals surface area contributed by atoms with Crippen molar-refractivity contribution in [2.24, 2.45) is 0 Å². The zero-order chi connectivity index (χ0) is 18.4. The van der Waals surface area contributed by atoms with Crippen molar-refractivity contribution in [3.8, 4) is 0 Å². The van der Waals surface area contributed by atoms with Crippen molar-refractivity contribution >= 4 is 6.03 Å². The molecule has 3 rings (SSSR count). The molecule has 3 aliphatic rings. The minimum atomic E-state index is 0.113. The number of amides is 2. The van der Waals surface area contributed by atoms with Crippen LogP contribution in [0.15, 0.2) is 0 Å². The zero-order valence-corrected chi connectivity index (χ0v) is 16.7. The highest BCUT2D eigenvalue weighted by molar-refractivity contribution is 5.74. The second-order valence-corrected chi connectivity index (χ2v) is 8.12. The molecule has 3 fully saturated rings. The first-order valence-electron chi connectivity index (χ1n) is 10.6. The highest BCUT2D eigenvalue weighted by Gasteiger charge is 2.56. The van der Waals surface area contributed by atoms with Crippen LogP contribution in [0.3, 0.4) is 0 Å². The van der Waals surface area contributed by atoms with Crippen molar-refractivity contribution in [2.75, 3.05) is 46.5 Å². The number of piperidine rings is 1. The Morgan fingerprint density at radius 1 is 1.15 bits per heavy atom. The lowest BCUT2D eigenvalue weighted by molar-refractivity contribution is -0.203. The lowest BCUT2D eigenvalue weighted by atomic mass is 9.69. The molecule has 6 nitrogen and oxygen atoms in total. The maximum atomic E-state index is 12.2. The molecule has 2 saturated heterocycles. The summed E-state index contributed by atoms with van der Waals surface area (Å²) in [7, 11) is 1.73. The van der Waals surface area contributed by atoms with Gasteiger partial charge in [0.05, 0.1) is 19.3 Å². The van der Waals surface area contributed by atoms with Gasteiger partial charge in [-0.2, -0.15) is 0 Å². The van der Waals surface area contributed by atoms with Crippen LogP contribution < -0.4 is 5.32 Å². The topological polar surface area (TPSA) is 54.0 Å². The predicted molar refractivity (Wildman–Crippen MR) is 102 cm³/mol. The molecule has 0 aromatic rings. The molecule has 0 aromatic heterocycles. The van der Waals surface area contributed by atoms with Crippen LogP contribution >= 0.6 is 0 Å². The van der Waals surface area contributed by atoms with Gasteiger partial charge < -0.3 is 19.7 Å². The fourth-order valence-electron chi connectivity index (χ4n) is 5.09. The fraction of sp³-hybridized carbons (Fsp3) is 0.950. The highest BCUT2D eigenvalue weighted by Crippen LogP contribution is 2.47. The van der Waals surface area contributed by atoms with Crippen LogP contribution in [0.2, 0.25) is 0 Å². The van der Waals surface area contributed by atoms with Crippen LogP contribution in [0.5, 0.6) is 0 Å². The van der Waals surface area contributed by atoms with Gasteiger partial charge in [-0.05, 0) is 32.1 Å². The van der Waals surface area contributed by atoms with Crippen molar-refractivity contribution in [3.63, 3.8) is 0 Å². The summed E-state index contributed by atoms with van der Waals surface area (Å²) < 4.78 is 11.4. The van der Waals surface area contributed by atoms with E-state index in [2.05, 4.69) is 17.1 Å². The van der Waals surface area contributed by atoms with E-state index in [1.54, 1.807) is 7.11 Å². The van der Waals surface area contributed by atoms with Crippen LogP contribution in [-0.2, 0) is 9.47 Å². The number of carbonyl (C=O) groups excluding carboxylic acids is 1. The third-order valence-electron chi connectivity index (χ3n) is 6.58. The van der Waals surface area contributed by atoms with E-state index < -0.39 is 0 Å². The molecule has 2 heterocycles. The Morgan fingerprint density at radius 2 is 1.88 bits per heavy atom. The van der Waals surface area contributed by atoms with E-state index in [1.165, 1.54) is 32.1 Å². The maximum Gasteiger partial charge on any atom is 0.317 e. The molecule has 1 aliphatic carbocycles. The van der Waals surface area contributed by atoms with Gasteiger partial charge in [-0.1, -0.05) is 26.2 Å². The average molecular weight is 368 g/mol. The Bertz CT molecular complexity index is 446. The summed E-state index contributed by atoms with van der Waals surface area (Å²) >= 11 is 0. The summed E-state index contributed by atoms with van der Waals surface area (Å²) in [5.41, 5.74) is 0.253. The fourth-order valence-corrected chi connectivity index (χ4v) is 5.09. The smallest absolute Gasteiger partial charge is 0.317 e. The molecule has 150 valence electrons. The number of methoxy groups -OCH3 is 1. The Hall–Kier alpha value is -0.850. The number of hydrogen-bond donors (Lipinski definition) is 1. The van der Waals surface area contributed by atoms with E-state index in [-0.39, 0.29) is 11.6 Å². The Balaban J connectivity index is 1.53. The molecule has 26 heavy (non-hydrogen) atoms. The standard InChI is InChI=1S/C20H37N3O3/c1-3-11-21-19(24)22-12-7-17(8-13-22)23-16-18(26-15-14-25-2)20(23)9-5-4-6-10-20/h17-18H,3-16H2,1-2H3,(H,21,24). The largest absolute Gasteiger partial charge is 0.382 e. The van der Waals surface area contributed by atoms with E-state index >= 15 is 0 Å². The van der Waals surface area contributed by atoms with Gasteiger partial charge in [0.2, 0.25) is 0 Å². The number of ether oxygens (including phenoxy) is 2. The average Bonchev–Trinajstić information content (AvgIpc) is 2.69. The van der Waals surface area contributed by atoms with Gasteiger partial charge in [-0.25, -0.2) is 4.79 Å². The Kier molecular flexibility index (Phi) is 7.18. The quantitative estimate of drug-likeness (QED) is 0.703. The molecular weight excluding hydrogens is 330 g/mol. The molecule has 1 spiro atoms. The van der Waals surface area contributed by atoms with Gasteiger partial charge >= 0.3 is 6.03 Å². The lowest BCUT2D eigenvalue weighted by Gasteiger charge is -2.63. The van der Waals surface area contributed by atoms with Gasteiger partial charge in [-0.3, -0.25) is 4.90 Å². The molecular formula is C20H37N3O3. The number of rotatable bonds is 7. The third-order valence-corrected chi connectivity index (χ3v) is 6.58. The van der Waals surface area contributed by atoms with Crippen molar-refractivity contribution < 1.29 is 14.3 Å². The molecule has 6 heteroatoms. The second-order valence-electron chi connectivity index (χ2n) is 8.12. The number of hydrogen-bond acceptors (Lipinski definition) is 4.